The third kappa shape index (κ3) is 7.10. The number of rotatable bonds is 7. The van der Waals surface area contributed by atoms with E-state index in [2.05, 4.69) is 4.52 Å². The van der Waals surface area contributed by atoms with E-state index in [0.717, 1.165) is 0 Å². The summed E-state index contributed by atoms with van der Waals surface area (Å²) in [6, 6.07) is 0. The van der Waals surface area contributed by atoms with E-state index in [1.165, 1.54) is 0 Å². The third-order valence-electron chi connectivity index (χ3n) is 4.29. The molecule has 2 aliphatic heterocycles. The van der Waals surface area contributed by atoms with Crippen molar-refractivity contribution in [1.29, 1.82) is 0 Å². The van der Waals surface area contributed by atoms with E-state index in [4.69, 9.17) is 24.0 Å². The maximum absolute atomic E-state index is 11.2. The van der Waals surface area contributed by atoms with E-state index in [1.807, 2.05) is 0 Å². The summed E-state index contributed by atoms with van der Waals surface area (Å²) < 4.78 is 31.1. The summed E-state index contributed by atoms with van der Waals surface area (Å²) in [6.07, 6.45) is -14.1. The second-order valence-electron chi connectivity index (χ2n) is 6.13. The molecule has 2 aliphatic rings. The van der Waals surface area contributed by atoms with Gasteiger partial charge in [0.05, 0.1) is 13.2 Å². The molecule has 2 saturated heterocycles. The Bertz CT molecular complexity index is 551. The van der Waals surface area contributed by atoms with Crippen molar-refractivity contribution in [3.63, 3.8) is 0 Å². The van der Waals surface area contributed by atoms with Crippen LogP contribution >= 0.6 is 7.82 Å². The molecule has 0 radical (unpaired) electrons. The number of phosphoric acid groups is 1. The maximum atomic E-state index is 11.2. The quantitative estimate of drug-likeness (QED) is 0.115. The molecule has 9 atom stereocenters. The van der Waals surface area contributed by atoms with Crippen molar-refractivity contribution in [2.24, 2.45) is 0 Å². The molecule has 29 heavy (non-hydrogen) atoms. The van der Waals surface area contributed by atoms with Gasteiger partial charge in [0.25, 0.3) is 0 Å². The number of ether oxygens (including phenoxy) is 3. The second-order valence-corrected chi connectivity index (χ2v) is 7.32. The Morgan fingerprint density at radius 1 is 0.862 bits per heavy atom. The van der Waals surface area contributed by atoms with Crippen molar-refractivity contribution in [1.82, 2.24) is 0 Å². The zero-order valence-electron chi connectivity index (χ0n) is 13.8. The summed E-state index contributed by atoms with van der Waals surface area (Å²) in [4.78, 5) is 18.1. The first kappa shape index (κ1) is 31.2. The summed E-state index contributed by atoms with van der Waals surface area (Å²) in [5.74, 6) is -2.53. The van der Waals surface area contributed by atoms with Crippen LogP contribution in [0.15, 0.2) is 0 Å². The first-order valence-corrected chi connectivity index (χ1v) is 9.32. The topological polar surface area (TPSA) is 236 Å². The molecule has 0 unspecified atom stereocenters. The molecule has 0 aliphatic carbocycles. The Morgan fingerprint density at radius 3 is 1.86 bits per heavy atom. The molecule has 2 rings (SSSR count). The van der Waals surface area contributed by atoms with Crippen LogP contribution in [0, 0.1) is 0 Å². The molecule has 14 nitrogen and oxygen atoms in total. The van der Waals surface area contributed by atoms with Gasteiger partial charge in [0, 0.05) is 0 Å². The summed E-state index contributed by atoms with van der Waals surface area (Å²) in [7, 11) is -5.24. The molecule has 2 fully saturated rings. The monoisotopic (exact) mass is 506 g/mol. The van der Waals surface area contributed by atoms with Crippen LogP contribution in [0.25, 0.3) is 0 Å². The van der Waals surface area contributed by atoms with Crippen LogP contribution < -0.4 is 0 Å². The summed E-state index contributed by atoms with van der Waals surface area (Å²) >= 11 is 0. The van der Waals surface area contributed by atoms with Gasteiger partial charge in [-0.05, 0) is 0 Å². The molecule has 0 aromatic rings. The van der Waals surface area contributed by atoms with E-state index in [1.54, 1.807) is 0 Å². The van der Waals surface area contributed by atoms with Crippen molar-refractivity contribution in [2.75, 3.05) is 19.8 Å². The molecule has 2 heterocycles. The number of hydrogen-bond acceptors (Lipinski definition) is 12. The molecular formula is C12H27Ca2O14P. The minimum absolute atomic E-state index is 0. The fourth-order valence-electron chi connectivity index (χ4n) is 2.90. The van der Waals surface area contributed by atoms with Crippen LogP contribution in [0.4, 0.5) is 0 Å². The average molecular weight is 506 g/mol. The summed E-state index contributed by atoms with van der Waals surface area (Å²) in [5.41, 5.74) is 0. The Kier molecular flexibility index (Phi) is 13.6. The van der Waals surface area contributed by atoms with Crippen LogP contribution in [-0.4, -0.2) is 196 Å². The molecular weight excluding hydrogens is 479 g/mol. The zero-order chi connectivity index (χ0) is 20.6. The molecule has 0 spiro atoms. The fraction of sp³-hybridized carbons (Fsp3) is 1.00. The van der Waals surface area contributed by atoms with Gasteiger partial charge in [-0.15, -0.1) is 0 Å². The average Bonchev–Trinajstić information content (AvgIpc) is 2.86. The Labute approximate surface area is 224 Å². The third-order valence-corrected chi connectivity index (χ3v) is 4.79. The number of hydrogen-bond donors (Lipinski definition) is 9. The van der Waals surface area contributed by atoms with Gasteiger partial charge in [0.15, 0.2) is 12.4 Å². The van der Waals surface area contributed by atoms with Gasteiger partial charge in [-0.25, -0.2) is 4.57 Å². The van der Waals surface area contributed by atoms with E-state index in [9.17, 15) is 40.3 Å². The zero-order valence-corrected chi connectivity index (χ0v) is 14.6. The second kappa shape index (κ2) is 12.6. The van der Waals surface area contributed by atoms with Crippen LogP contribution in [0.3, 0.4) is 0 Å². The first-order valence-electron chi connectivity index (χ1n) is 7.79. The van der Waals surface area contributed by atoms with Crippen LogP contribution in [0.5, 0.6) is 0 Å². The Balaban J connectivity index is 0.00000392. The van der Waals surface area contributed by atoms with Crippen molar-refractivity contribution in [2.45, 2.75) is 54.8 Å². The van der Waals surface area contributed by atoms with Crippen molar-refractivity contribution >= 4 is 83.3 Å². The molecule has 0 aromatic heterocycles. The normalized spacial score (nSPS) is 42.8. The SMILES string of the molecule is O=P(O)(O)O[C@H]1[C@H](O)[C@@H](CO)O[C@@]1(CO)O[C@H]1O[C@H](CO)[C@@H](O)[C@H](O)[C@H]1O.[CaH2].[CaH2]. The predicted molar refractivity (Wildman–Crippen MR) is 96.6 cm³/mol. The number of aliphatic hydroxyl groups is 7. The van der Waals surface area contributed by atoms with Gasteiger partial charge in [-0.1, -0.05) is 0 Å². The minimum atomic E-state index is -5.24. The Hall–Kier alpha value is 2.23. The Morgan fingerprint density at radius 2 is 1.41 bits per heavy atom. The summed E-state index contributed by atoms with van der Waals surface area (Å²) in [5, 5.41) is 67.8. The van der Waals surface area contributed by atoms with Crippen LogP contribution in [0.1, 0.15) is 0 Å². The fourth-order valence-corrected chi connectivity index (χ4v) is 3.49. The molecule has 0 aromatic carbocycles. The van der Waals surface area contributed by atoms with E-state index >= 15 is 0 Å². The molecule has 17 heteroatoms. The molecule has 0 bridgehead atoms. The summed E-state index contributed by atoms with van der Waals surface area (Å²) in [6.45, 7) is -2.82. The molecule has 0 amide bonds. The molecule has 168 valence electrons. The van der Waals surface area contributed by atoms with Crippen LogP contribution in [0.2, 0.25) is 0 Å². The molecule has 9 N–H and O–H groups in total. The van der Waals surface area contributed by atoms with Gasteiger partial charge in [-0.3, -0.25) is 4.52 Å². The van der Waals surface area contributed by atoms with Gasteiger partial charge < -0.3 is 59.7 Å². The number of phosphoric ester groups is 1. The number of aliphatic hydroxyl groups excluding tert-OH is 7. The van der Waals surface area contributed by atoms with E-state index in [0.29, 0.717) is 0 Å². The first-order chi connectivity index (χ1) is 12.5. The van der Waals surface area contributed by atoms with E-state index in [-0.39, 0.29) is 75.5 Å². The molecule has 0 saturated carbocycles. The van der Waals surface area contributed by atoms with Gasteiger partial charge >= 0.3 is 83.3 Å². The van der Waals surface area contributed by atoms with Crippen LogP contribution in [-0.2, 0) is 23.3 Å². The van der Waals surface area contributed by atoms with Gasteiger partial charge in [0.1, 0.15) is 43.2 Å². The van der Waals surface area contributed by atoms with Gasteiger partial charge in [0.2, 0.25) is 5.79 Å². The van der Waals surface area contributed by atoms with Crippen molar-refractivity contribution in [3.8, 4) is 0 Å². The van der Waals surface area contributed by atoms with Gasteiger partial charge in [-0.2, -0.15) is 0 Å². The standard InChI is InChI=1S/C12H23O14P.2Ca.4H/c13-1-4-6(16)8(18)9(19)11(23-4)25-12(3-15)10(26-27(20,21)22)7(17)5(2-14)24-12;;;;;;/h4-11,13-19H,1-3H2,(H2,20,21,22);;;;;;/t4-,5-,6-,7-,8+,9-,10+,11-,12+;;;;;;/m1....../s1. The van der Waals surface area contributed by atoms with E-state index < -0.39 is 82.4 Å². The van der Waals surface area contributed by atoms with Crippen molar-refractivity contribution in [3.05, 3.63) is 0 Å². The van der Waals surface area contributed by atoms with Crippen molar-refractivity contribution < 1.29 is 68.8 Å². The predicted octanol–water partition coefficient (Wildman–Crippen LogP) is -7.11.